The highest BCUT2D eigenvalue weighted by atomic mass is 19.3. The van der Waals surface area contributed by atoms with Gasteiger partial charge in [0.2, 0.25) is 0 Å². The number of aromatic amines is 1. The maximum atomic E-state index is 12.8. The van der Waals surface area contributed by atoms with Crippen molar-refractivity contribution in [3.63, 3.8) is 0 Å². The molecule has 0 atom stereocenters. The highest BCUT2D eigenvalue weighted by Crippen LogP contribution is 2.27. The first-order valence-corrected chi connectivity index (χ1v) is 3.78. The van der Waals surface area contributed by atoms with Crippen molar-refractivity contribution in [2.45, 2.75) is 26.7 Å². The predicted octanol–water partition coefficient (Wildman–Crippen LogP) is 2.03. The largest absolute Gasteiger partial charge is 0.339 e. The van der Waals surface area contributed by atoms with E-state index in [4.69, 9.17) is 0 Å². The van der Waals surface area contributed by atoms with Crippen LogP contribution in [0.3, 0.4) is 0 Å². The van der Waals surface area contributed by atoms with E-state index in [0.29, 0.717) is 0 Å². The van der Waals surface area contributed by atoms with Crippen molar-refractivity contribution in [1.82, 2.24) is 9.97 Å². The number of aryl methyl sites for hydroxylation is 1. The van der Waals surface area contributed by atoms with E-state index >= 15 is 0 Å². The zero-order valence-electron chi connectivity index (χ0n) is 7.61. The van der Waals surface area contributed by atoms with Crippen LogP contribution in [0.25, 0.3) is 0 Å². The second-order valence-corrected chi connectivity index (χ2v) is 3.00. The molecule has 1 rings (SSSR count). The summed E-state index contributed by atoms with van der Waals surface area (Å²) in [4.78, 5) is 16.8. The van der Waals surface area contributed by atoms with Gasteiger partial charge in [-0.3, -0.25) is 4.79 Å². The Morgan fingerprint density at radius 2 is 2.08 bits per heavy atom. The zero-order chi connectivity index (χ0) is 10.2. The number of carbonyl (C=O) groups is 1. The van der Waals surface area contributed by atoms with Crippen LogP contribution in [-0.2, 0) is 5.92 Å². The topological polar surface area (TPSA) is 45.8 Å². The fourth-order valence-corrected chi connectivity index (χ4v) is 1.05. The summed E-state index contributed by atoms with van der Waals surface area (Å²) in [5.41, 5.74) is -0.129. The summed E-state index contributed by atoms with van der Waals surface area (Å²) < 4.78 is 25.6. The van der Waals surface area contributed by atoms with Gasteiger partial charge in [0.25, 0.3) is 5.92 Å². The van der Waals surface area contributed by atoms with Gasteiger partial charge in [-0.1, -0.05) is 0 Å². The fraction of sp³-hybridized carbons (Fsp3) is 0.500. The van der Waals surface area contributed by atoms with Gasteiger partial charge in [0.1, 0.15) is 5.69 Å². The van der Waals surface area contributed by atoms with E-state index < -0.39 is 5.92 Å². The number of ketones is 1. The Morgan fingerprint density at radius 1 is 1.54 bits per heavy atom. The third-order valence-electron chi connectivity index (χ3n) is 1.63. The Hall–Kier alpha value is -1.26. The lowest BCUT2D eigenvalue weighted by atomic mass is 10.2. The molecule has 72 valence electrons. The summed E-state index contributed by atoms with van der Waals surface area (Å²) in [7, 11) is 0. The van der Waals surface area contributed by atoms with E-state index in [0.717, 1.165) is 6.92 Å². The number of carbonyl (C=O) groups excluding carboxylic acids is 1. The number of aromatic nitrogens is 2. The van der Waals surface area contributed by atoms with Crippen LogP contribution in [0.15, 0.2) is 0 Å². The molecule has 0 radical (unpaired) electrons. The molecule has 0 spiro atoms. The molecule has 0 aliphatic heterocycles. The zero-order valence-corrected chi connectivity index (χ0v) is 7.61. The summed E-state index contributed by atoms with van der Waals surface area (Å²) >= 11 is 0. The molecule has 1 N–H and O–H groups in total. The smallest absolute Gasteiger partial charge is 0.288 e. The Labute approximate surface area is 74.2 Å². The molecule has 0 saturated heterocycles. The van der Waals surface area contributed by atoms with Crippen molar-refractivity contribution in [1.29, 1.82) is 0 Å². The molecule has 1 aromatic rings. The number of hydrogen-bond acceptors (Lipinski definition) is 2. The molecule has 0 aliphatic carbocycles. The van der Waals surface area contributed by atoms with E-state index in [2.05, 4.69) is 9.97 Å². The standard InChI is InChI=1S/C8H10F2N2O/c1-4-6(8(3,9)10)12-7(11-4)5(2)13/h1-3H3,(H,11,12). The molecule has 1 heterocycles. The number of nitrogens with one attached hydrogen (secondary N) is 1. The summed E-state index contributed by atoms with van der Waals surface area (Å²) in [6.45, 7) is 3.49. The molecule has 0 amide bonds. The lowest BCUT2D eigenvalue weighted by Crippen LogP contribution is -2.09. The molecule has 3 nitrogen and oxygen atoms in total. The van der Waals surface area contributed by atoms with E-state index in [-0.39, 0.29) is 23.0 Å². The minimum absolute atomic E-state index is 0.0194. The van der Waals surface area contributed by atoms with Crippen LogP contribution < -0.4 is 0 Å². The molecule has 0 unspecified atom stereocenters. The van der Waals surface area contributed by atoms with Crippen molar-refractivity contribution >= 4 is 5.78 Å². The quantitative estimate of drug-likeness (QED) is 0.722. The second-order valence-electron chi connectivity index (χ2n) is 3.00. The van der Waals surface area contributed by atoms with Gasteiger partial charge >= 0.3 is 0 Å². The molecular formula is C8H10F2N2O. The molecular weight excluding hydrogens is 178 g/mol. The maximum absolute atomic E-state index is 12.8. The number of Topliss-reactive ketones (excluding diaryl/α,β-unsaturated/α-hetero) is 1. The van der Waals surface area contributed by atoms with Gasteiger partial charge in [-0.2, -0.15) is 8.78 Å². The number of alkyl halides is 2. The first kappa shape index (κ1) is 9.83. The highest BCUT2D eigenvalue weighted by Gasteiger charge is 2.30. The van der Waals surface area contributed by atoms with Crippen LogP contribution in [0.1, 0.15) is 35.9 Å². The van der Waals surface area contributed by atoms with Crippen LogP contribution in [0.2, 0.25) is 0 Å². The van der Waals surface area contributed by atoms with Gasteiger partial charge in [-0.25, -0.2) is 4.98 Å². The van der Waals surface area contributed by atoms with Crippen LogP contribution in [0.4, 0.5) is 8.78 Å². The average molecular weight is 188 g/mol. The Morgan fingerprint density at radius 3 is 2.31 bits per heavy atom. The lowest BCUT2D eigenvalue weighted by molar-refractivity contribution is 0.0125. The monoisotopic (exact) mass is 188 g/mol. The first-order valence-electron chi connectivity index (χ1n) is 3.78. The normalized spacial score (nSPS) is 11.8. The van der Waals surface area contributed by atoms with Crippen LogP contribution >= 0.6 is 0 Å². The van der Waals surface area contributed by atoms with Gasteiger partial charge in [-0.15, -0.1) is 0 Å². The molecule has 0 bridgehead atoms. The Kier molecular flexibility index (Phi) is 2.19. The number of nitrogens with zero attached hydrogens (tertiary/aromatic N) is 1. The third-order valence-corrected chi connectivity index (χ3v) is 1.63. The van der Waals surface area contributed by atoms with Crippen molar-refractivity contribution in [2.24, 2.45) is 0 Å². The number of H-pyrrole nitrogens is 1. The van der Waals surface area contributed by atoms with E-state index in [1.807, 2.05) is 0 Å². The highest BCUT2D eigenvalue weighted by molar-refractivity contribution is 5.90. The number of rotatable bonds is 2. The summed E-state index contributed by atoms with van der Waals surface area (Å²) in [5.74, 6) is -3.37. The summed E-state index contributed by atoms with van der Waals surface area (Å²) in [6, 6.07) is 0. The Balaban J connectivity index is 3.18. The average Bonchev–Trinajstić information content (AvgIpc) is 2.29. The Bertz CT molecular complexity index is 338. The second kappa shape index (κ2) is 2.90. The van der Waals surface area contributed by atoms with Crippen molar-refractivity contribution < 1.29 is 13.6 Å². The van der Waals surface area contributed by atoms with Crippen LogP contribution in [0, 0.1) is 6.92 Å². The molecule has 0 aliphatic rings. The lowest BCUT2D eigenvalue weighted by Gasteiger charge is -2.06. The van der Waals surface area contributed by atoms with Crippen molar-refractivity contribution in [3.8, 4) is 0 Å². The maximum Gasteiger partial charge on any atom is 0.288 e. The van der Waals surface area contributed by atoms with E-state index in [1.54, 1.807) is 0 Å². The van der Waals surface area contributed by atoms with Crippen molar-refractivity contribution in [2.75, 3.05) is 0 Å². The molecule has 0 aromatic carbocycles. The molecule has 5 heteroatoms. The van der Waals surface area contributed by atoms with Crippen LogP contribution in [-0.4, -0.2) is 15.8 Å². The van der Waals surface area contributed by atoms with Gasteiger partial charge in [0.15, 0.2) is 11.6 Å². The van der Waals surface area contributed by atoms with E-state index in [1.165, 1.54) is 13.8 Å². The number of halogens is 2. The molecule has 1 aromatic heterocycles. The minimum atomic E-state index is -3.01. The molecule has 0 saturated carbocycles. The van der Waals surface area contributed by atoms with Gasteiger partial charge in [0.05, 0.1) is 0 Å². The summed E-state index contributed by atoms with van der Waals surface area (Å²) in [6.07, 6.45) is 0. The van der Waals surface area contributed by atoms with Gasteiger partial charge in [0, 0.05) is 19.5 Å². The van der Waals surface area contributed by atoms with Crippen molar-refractivity contribution in [3.05, 3.63) is 17.2 Å². The summed E-state index contributed by atoms with van der Waals surface area (Å²) in [5, 5.41) is 0. The third kappa shape index (κ3) is 1.91. The minimum Gasteiger partial charge on any atom is -0.339 e. The van der Waals surface area contributed by atoms with Crippen LogP contribution in [0.5, 0.6) is 0 Å². The van der Waals surface area contributed by atoms with Gasteiger partial charge in [-0.05, 0) is 6.92 Å². The number of imidazole rings is 1. The fourth-order valence-electron chi connectivity index (χ4n) is 1.05. The molecule has 0 fully saturated rings. The van der Waals surface area contributed by atoms with E-state index in [9.17, 15) is 13.6 Å². The first-order chi connectivity index (χ1) is 5.82. The predicted molar refractivity (Wildman–Crippen MR) is 42.9 cm³/mol. The molecule has 13 heavy (non-hydrogen) atoms. The number of hydrogen-bond donors (Lipinski definition) is 1. The SMILES string of the molecule is CC(=O)c1nc(C(C)(F)F)c(C)[nH]1. The van der Waals surface area contributed by atoms with Gasteiger partial charge < -0.3 is 4.98 Å².